The molecule has 1 saturated heterocycles. The van der Waals surface area contributed by atoms with Crippen molar-refractivity contribution in [2.24, 2.45) is 0 Å². The van der Waals surface area contributed by atoms with Gasteiger partial charge in [0.25, 0.3) is 5.91 Å². The number of furan rings is 1. The van der Waals surface area contributed by atoms with Crippen molar-refractivity contribution >= 4 is 5.91 Å². The maximum absolute atomic E-state index is 13.1. The highest BCUT2D eigenvalue weighted by molar-refractivity contribution is 5.91. The summed E-state index contributed by atoms with van der Waals surface area (Å²) in [7, 11) is 0. The molecule has 1 atom stereocenters. The topological polar surface area (TPSA) is 89.9 Å². The molecule has 1 fully saturated rings. The van der Waals surface area contributed by atoms with E-state index in [2.05, 4.69) is 20.1 Å². The Morgan fingerprint density at radius 2 is 2.03 bits per heavy atom. The van der Waals surface area contributed by atoms with E-state index >= 15 is 0 Å². The minimum Gasteiger partial charge on any atom is -0.454 e. The third-order valence-electron chi connectivity index (χ3n) is 5.58. The summed E-state index contributed by atoms with van der Waals surface area (Å²) in [4.78, 5) is 27.9. The Balaban J connectivity index is 1.33. The summed E-state index contributed by atoms with van der Waals surface area (Å²) in [5, 5.41) is 4.18. The van der Waals surface area contributed by atoms with Crippen molar-refractivity contribution in [3.8, 4) is 11.1 Å². The monoisotopic (exact) mass is 414 g/mol. The quantitative estimate of drug-likeness (QED) is 0.497. The summed E-state index contributed by atoms with van der Waals surface area (Å²) in [5.41, 5.74) is 2.99. The van der Waals surface area contributed by atoms with Gasteiger partial charge < -0.3 is 9.32 Å². The highest BCUT2D eigenvalue weighted by atomic mass is 16.4. The lowest BCUT2D eigenvalue weighted by Gasteiger charge is -2.32. The number of nitrogens with zero attached hydrogens (tertiary/aromatic N) is 6. The van der Waals surface area contributed by atoms with Crippen molar-refractivity contribution in [1.82, 2.24) is 29.6 Å². The van der Waals surface area contributed by atoms with E-state index in [-0.39, 0.29) is 11.8 Å². The van der Waals surface area contributed by atoms with Crippen molar-refractivity contribution in [2.75, 3.05) is 13.1 Å². The first-order valence-electron chi connectivity index (χ1n) is 10.3. The van der Waals surface area contributed by atoms with Gasteiger partial charge in [0, 0.05) is 55.6 Å². The van der Waals surface area contributed by atoms with E-state index in [0.717, 1.165) is 29.7 Å². The Labute approximate surface area is 179 Å². The summed E-state index contributed by atoms with van der Waals surface area (Å²) in [6.07, 6.45) is 12.4. The van der Waals surface area contributed by atoms with Gasteiger partial charge in [0.1, 0.15) is 12.1 Å². The SMILES string of the molecule is O=C(c1ccc(Cn2cccn2)o1)N1CCC[C@H](c2ncncc2-c2ccncc2)C1. The van der Waals surface area contributed by atoms with Crippen LogP contribution in [0.5, 0.6) is 0 Å². The van der Waals surface area contributed by atoms with Crippen molar-refractivity contribution in [1.29, 1.82) is 0 Å². The van der Waals surface area contributed by atoms with Gasteiger partial charge in [-0.1, -0.05) is 0 Å². The molecule has 0 aliphatic carbocycles. The third kappa shape index (κ3) is 4.09. The third-order valence-corrected chi connectivity index (χ3v) is 5.58. The summed E-state index contributed by atoms with van der Waals surface area (Å²) in [6.45, 7) is 1.81. The molecule has 4 aromatic rings. The van der Waals surface area contributed by atoms with Crippen molar-refractivity contribution < 1.29 is 9.21 Å². The number of hydrogen-bond acceptors (Lipinski definition) is 6. The molecule has 0 bridgehead atoms. The summed E-state index contributed by atoms with van der Waals surface area (Å²) in [5.74, 6) is 1.12. The molecule has 156 valence electrons. The summed E-state index contributed by atoms with van der Waals surface area (Å²) < 4.78 is 7.59. The second-order valence-corrected chi connectivity index (χ2v) is 7.62. The lowest BCUT2D eigenvalue weighted by molar-refractivity contribution is 0.0671. The molecule has 8 nitrogen and oxygen atoms in total. The second kappa shape index (κ2) is 8.51. The zero-order chi connectivity index (χ0) is 21.0. The fraction of sp³-hybridized carbons (Fsp3) is 0.261. The molecule has 0 spiro atoms. The van der Waals surface area contributed by atoms with Gasteiger partial charge in [-0.3, -0.25) is 14.5 Å². The Kier molecular flexibility index (Phi) is 5.26. The van der Waals surface area contributed by atoms with E-state index < -0.39 is 0 Å². The summed E-state index contributed by atoms with van der Waals surface area (Å²) in [6, 6.07) is 9.35. The van der Waals surface area contributed by atoms with Gasteiger partial charge in [-0.15, -0.1) is 0 Å². The largest absolute Gasteiger partial charge is 0.454 e. The van der Waals surface area contributed by atoms with E-state index in [1.807, 2.05) is 41.6 Å². The van der Waals surface area contributed by atoms with Gasteiger partial charge in [0.15, 0.2) is 5.76 Å². The Hall–Kier alpha value is -3.81. The molecule has 0 saturated carbocycles. The summed E-state index contributed by atoms with van der Waals surface area (Å²) >= 11 is 0. The first kappa shape index (κ1) is 19.2. The molecular formula is C23H22N6O2. The molecule has 31 heavy (non-hydrogen) atoms. The predicted molar refractivity (Wildman–Crippen MR) is 113 cm³/mol. The number of pyridine rings is 1. The first-order valence-corrected chi connectivity index (χ1v) is 10.3. The fourth-order valence-electron chi connectivity index (χ4n) is 4.09. The highest BCUT2D eigenvalue weighted by Crippen LogP contribution is 2.33. The molecule has 0 radical (unpaired) electrons. The van der Waals surface area contributed by atoms with Crippen LogP contribution in [0.4, 0.5) is 0 Å². The zero-order valence-corrected chi connectivity index (χ0v) is 17.0. The van der Waals surface area contributed by atoms with Gasteiger partial charge in [0.05, 0.1) is 12.2 Å². The highest BCUT2D eigenvalue weighted by Gasteiger charge is 2.29. The molecule has 4 aromatic heterocycles. The van der Waals surface area contributed by atoms with Crippen molar-refractivity contribution in [3.63, 3.8) is 0 Å². The number of carbonyl (C=O) groups excluding carboxylic acids is 1. The minimum atomic E-state index is -0.0871. The van der Waals surface area contributed by atoms with Crippen LogP contribution < -0.4 is 0 Å². The molecule has 0 aromatic carbocycles. The van der Waals surface area contributed by atoms with E-state index in [1.54, 1.807) is 35.7 Å². The Morgan fingerprint density at radius 1 is 1.13 bits per heavy atom. The predicted octanol–water partition coefficient (Wildman–Crippen LogP) is 3.40. The van der Waals surface area contributed by atoms with Gasteiger partial charge in [0.2, 0.25) is 0 Å². The van der Waals surface area contributed by atoms with Gasteiger partial charge in [-0.05, 0) is 48.7 Å². The van der Waals surface area contributed by atoms with Crippen LogP contribution in [-0.4, -0.2) is 48.6 Å². The molecular weight excluding hydrogens is 392 g/mol. The lowest BCUT2D eigenvalue weighted by Crippen LogP contribution is -2.39. The molecule has 1 aliphatic heterocycles. The van der Waals surface area contributed by atoms with Gasteiger partial charge in [-0.2, -0.15) is 5.10 Å². The average molecular weight is 414 g/mol. The van der Waals surface area contributed by atoms with Crippen LogP contribution in [0.2, 0.25) is 0 Å². The number of piperidine rings is 1. The number of aromatic nitrogens is 5. The lowest BCUT2D eigenvalue weighted by atomic mass is 9.90. The van der Waals surface area contributed by atoms with Crippen LogP contribution in [0.25, 0.3) is 11.1 Å². The van der Waals surface area contributed by atoms with Crippen LogP contribution in [0.3, 0.4) is 0 Å². The van der Waals surface area contributed by atoms with Crippen LogP contribution in [-0.2, 0) is 6.54 Å². The average Bonchev–Trinajstić information content (AvgIpc) is 3.52. The number of rotatable bonds is 5. The van der Waals surface area contributed by atoms with E-state index in [1.165, 1.54) is 0 Å². The molecule has 8 heteroatoms. The van der Waals surface area contributed by atoms with E-state index in [0.29, 0.717) is 31.2 Å². The van der Waals surface area contributed by atoms with Gasteiger partial charge >= 0.3 is 0 Å². The van der Waals surface area contributed by atoms with Crippen LogP contribution in [0, 0.1) is 0 Å². The van der Waals surface area contributed by atoms with Crippen molar-refractivity contribution in [2.45, 2.75) is 25.3 Å². The second-order valence-electron chi connectivity index (χ2n) is 7.62. The Bertz CT molecular complexity index is 1160. The number of amides is 1. The van der Waals surface area contributed by atoms with Gasteiger partial charge in [-0.25, -0.2) is 9.97 Å². The molecule has 1 aliphatic rings. The molecule has 5 heterocycles. The minimum absolute atomic E-state index is 0.0871. The number of carbonyl (C=O) groups is 1. The first-order chi connectivity index (χ1) is 15.3. The van der Waals surface area contributed by atoms with Crippen LogP contribution in [0.1, 0.15) is 40.8 Å². The molecule has 1 amide bonds. The smallest absolute Gasteiger partial charge is 0.289 e. The Morgan fingerprint density at radius 3 is 2.87 bits per heavy atom. The van der Waals surface area contributed by atoms with Crippen LogP contribution in [0.15, 0.2) is 72.1 Å². The number of hydrogen-bond donors (Lipinski definition) is 0. The zero-order valence-electron chi connectivity index (χ0n) is 17.0. The molecule has 5 rings (SSSR count). The normalized spacial score (nSPS) is 16.4. The molecule has 0 unspecified atom stereocenters. The van der Waals surface area contributed by atoms with Crippen LogP contribution >= 0.6 is 0 Å². The standard InChI is InChI=1S/C23H22N6O2/c30-23(21-5-4-19(31-21)15-29-12-2-8-27-29)28-11-1-3-18(14-28)22-20(13-25-16-26-22)17-6-9-24-10-7-17/h2,4-10,12-13,16,18H,1,3,11,14-15H2/t18-/m0/s1. The maximum atomic E-state index is 13.1. The van der Waals surface area contributed by atoms with E-state index in [9.17, 15) is 4.79 Å². The number of likely N-dealkylation sites (tertiary alicyclic amines) is 1. The fourth-order valence-corrected chi connectivity index (χ4v) is 4.09. The maximum Gasteiger partial charge on any atom is 0.289 e. The molecule has 0 N–H and O–H groups in total. The van der Waals surface area contributed by atoms with E-state index in [4.69, 9.17) is 4.42 Å². The van der Waals surface area contributed by atoms with Crippen molar-refractivity contribution in [3.05, 3.63) is 84.9 Å².